The standard InChI is InChI=1S/C21H20N2O3/c1-2-25-19-12-13-23(26-21(24)18-6-4-3-5-7-18)20(14-19)17-10-8-16(15-22)9-11-17/h2-11,19-20H,1,12-14H2/t19-,20-/m0/s1. The summed E-state index contributed by atoms with van der Waals surface area (Å²) in [4.78, 5) is 18.1. The van der Waals surface area contributed by atoms with Crippen molar-refractivity contribution in [2.75, 3.05) is 6.54 Å². The van der Waals surface area contributed by atoms with E-state index in [9.17, 15) is 4.79 Å². The highest BCUT2D eigenvalue weighted by atomic mass is 16.7. The van der Waals surface area contributed by atoms with Gasteiger partial charge in [-0.2, -0.15) is 5.26 Å². The average molecular weight is 348 g/mol. The van der Waals surface area contributed by atoms with Crippen molar-refractivity contribution in [3.05, 3.63) is 84.1 Å². The molecule has 0 spiro atoms. The van der Waals surface area contributed by atoms with Crippen LogP contribution < -0.4 is 0 Å². The monoisotopic (exact) mass is 348 g/mol. The van der Waals surface area contributed by atoms with Crippen LogP contribution in [0.2, 0.25) is 0 Å². The Hall–Kier alpha value is -3.10. The fourth-order valence-corrected chi connectivity index (χ4v) is 3.10. The maximum absolute atomic E-state index is 12.4. The van der Waals surface area contributed by atoms with E-state index in [0.29, 0.717) is 24.1 Å². The molecule has 5 nitrogen and oxygen atoms in total. The molecule has 3 rings (SSSR count). The van der Waals surface area contributed by atoms with Gasteiger partial charge in [-0.15, -0.1) is 5.06 Å². The highest BCUT2D eigenvalue weighted by Gasteiger charge is 2.33. The van der Waals surface area contributed by atoms with Crippen LogP contribution in [0.15, 0.2) is 67.4 Å². The molecule has 132 valence electrons. The minimum Gasteiger partial charge on any atom is -0.499 e. The smallest absolute Gasteiger partial charge is 0.357 e. The lowest BCUT2D eigenvalue weighted by atomic mass is 9.94. The number of ether oxygens (including phenoxy) is 1. The highest BCUT2D eigenvalue weighted by Crippen LogP contribution is 2.33. The number of hydrogen-bond acceptors (Lipinski definition) is 5. The molecule has 0 radical (unpaired) electrons. The highest BCUT2D eigenvalue weighted by molar-refractivity contribution is 5.89. The molecule has 2 atom stereocenters. The lowest BCUT2D eigenvalue weighted by molar-refractivity contribution is -0.168. The third-order valence-electron chi connectivity index (χ3n) is 4.43. The first kappa shape index (κ1) is 17.7. The minimum absolute atomic E-state index is 0.0137. The molecular weight excluding hydrogens is 328 g/mol. The molecule has 2 aromatic rings. The van der Waals surface area contributed by atoms with Gasteiger partial charge in [-0.25, -0.2) is 4.79 Å². The van der Waals surface area contributed by atoms with Crippen molar-refractivity contribution < 1.29 is 14.4 Å². The van der Waals surface area contributed by atoms with Crippen molar-refractivity contribution in [3.63, 3.8) is 0 Å². The quantitative estimate of drug-likeness (QED) is 0.765. The number of rotatable bonds is 5. The Bertz CT molecular complexity index is 796. The maximum Gasteiger partial charge on any atom is 0.357 e. The molecule has 1 aliphatic heterocycles. The fraction of sp³-hybridized carbons (Fsp3) is 0.238. The Morgan fingerprint density at radius 2 is 1.92 bits per heavy atom. The van der Waals surface area contributed by atoms with E-state index in [1.165, 1.54) is 6.26 Å². The van der Waals surface area contributed by atoms with Crippen molar-refractivity contribution >= 4 is 5.97 Å². The van der Waals surface area contributed by atoms with Gasteiger partial charge >= 0.3 is 5.97 Å². The van der Waals surface area contributed by atoms with Crippen molar-refractivity contribution in [1.82, 2.24) is 5.06 Å². The van der Waals surface area contributed by atoms with Crippen LogP contribution in [0.4, 0.5) is 0 Å². The number of nitrogens with zero attached hydrogens (tertiary/aromatic N) is 2. The Morgan fingerprint density at radius 3 is 2.58 bits per heavy atom. The van der Waals surface area contributed by atoms with Gasteiger partial charge in [0.1, 0.15) is 6.10 Å². The number of hydrogen-bond donors (Lipinski definition) is 0. The van der Waals surface area contributed by atoms with Crippen LogP contribution in [-0.4, -0.2) is 23.7 Å². The predicted molar refractivity (Wildman–Crippen MR) is 96.8 cm³/mol. The van der Waals surface area contributed by atoms with E-state index in [1.54, 1.807) is 41.5 Å². The molecule has 1 saturated heterocycles. The summed E-state index contributed by atoms with van der Waals surface area (Å²) >= 11 is 0. The van der Waals surface area contributed by atoms with E-state index >= 15 is 0 Å². The Balaban J connectivity index is 1.80. The zero-order valence-corrected chi connectivity index (χ0v) is 14.4. The molecule has 5 heteroatoms. The molecule has 0 bridgehead atoms. The average Bonchev–Trinajstić information content (AvgIpc) is 2.70. The summed E-state index contributed by atoms with van der Waals surface area (Å²) in [7, 11) is 0. The molecule has 1 aliphatic rings. The molecule has 0 N–H and O–H groups in total. The summed E-state index contributed by atoms with van der Waals surface area (Å²) in [5.41, 5.74) is 2.08. The van der Waals surface area contributed by atoms with Crippen molar-refractivity contribution in [2.45, 2.75) is 25.0 Å². The van der Waals surface area contributed by atoms with Gasteiger partial charge in [0.15, 0.2) is 0 Å². The third-order valence-corrected chi connectivity index (χ3v) is 4.43. The van der Waals surface area contributed by atoms with Gasteiger partial charge in [-0.1, -0.05) is 36.9 Å². The molecule has 0 amide bonds. The molecule has 0 saturated carbocycles. The number of hydroxylamine groups is 2. The van der Waals surface area contributed by atoms with Crippen molar-refractivity contribution in [2.24, 2.45) is 0 Å². The number of carbonyl (C=O) groups excluding carboxylic acids is 1. The first-order valence-electron chi connectivity index (χ1n) is 8.51. The van der Waals surface area contributed by atoms with Gasteiger partial charge in [-0.05, 0) is 29.8 Å². The molecule has 0 unspecified atom stereocenters. The molecular formula is C21H20N2O3. The molecule has 1 heterocycles. The van der Waals surface area contributed by atoms with Crippen molar-refractivity contribution in [3.8, 4) is 6.07 Å². The van der Waals surface area contributed by atoms with Crippen LogP contribution in [-0.2, 0) is 9.57 Å². The lowest BCUT2D eigenvalue weighted by Crippen LogP contribution is -2.40. The normalized spacial score (nSPS) is 20.0. The summed E-state index contributed by atoms with van der Waals surface area (Å²) in [6.45, 7) is 4.18. The van der Waals surface area contributed by atoms with Gasteiger partial charge in [0, 0.05) is 19.4 Å². The second-order valence-electron chi connectivity index (χ2n) is 6.08. The van der Waals surface area contributed by atoms with E-state index in [-0.39, 0.29) is 18.1 Å². The number of piperidine rings is 1. The first-order chi connectivity index (χ1) is 12.7. The largest absolute Gasteiger partial charge is 0.499 e. The van der Waals surface area contributed by atoms with Crippen LogP contribution in [0, 0.1) is 11.3 Å². The molecule has 0 aromatic heterocycles. The van der Waals surface area contributed by atoms with Gasteiger partial charge in [0.25, 0.3) is 0 Å². The van der Waals surface area contributed by atoms with E-state index < -0.39 is 0 Å². The minimum atomic E-state index is -0.382. The van der Waals surface area contributed by atoms with E-state index in [4.69, 9.17) is 14.8 Å². The summed E-state index contributed by atoms with van der Waals surface area (Å²) in [6, 6.07) is 18.2. The number of benzene rings is 2. The van der Waals surface area contributed by atoms with Crippen LogP contribution in [0.5, 0.6) is 0 Å². The number of carbonyl (C=O) groups is 1. The maximum atomic E-state index is 12.4. The van der Waals surface area contributed by atoms with Gasteiger partial charge in [0.2, 0.25) is 0 Å². The van der Waals surface area contributed by atoms with Crippen LogP contribution in [0.3, 0.4) is 0 Å². The van der Waals surface area contributed by atoms with Crippen LogP contribution in [0.1, 0.15) is 40.4 Å². The van der Waals surface area contributed by atoms with E-state index in [2.05, 4.69) is 12.6 Å². The molecule has 0 aliphatic carbocycles. The molecule has 26 heavy (non-hydrogen) atoms. The van der Waals surface area contributed by atoms with E-state index in [1.807, 2.05) is 18.2 Å². The van der Waals surface area contributed by atoms with Gasteiger partial charge in [0.05, 0.1) is 29.5 Å². The summed E-state index contributed by atoms with van der Waals surface area (Å²) in [6.07, 6.45) is 2.87. The first-order valence-corrected chi connectivity index (χ1v) is 8.51. The Kier molecular flexibility index (Phi) is 5.67. The zero-order valence-electron chi connectivity index (χ0n) is 14.4. The fourth-order valence-electron chi connectivity index (χ4n) is 3.10. The third kappa shape index (κ3) is 4.11. The molecule has 1 fully saturated rings. The Labute approximate surface area is 153 Å². The second-order valence-corrected chi connectivity index (χ2v) is 6.08. The van der Waals surface area contributed by atoms with Gasteiger partial charge in [-0.3, -0.25) is 0 Å². The predicted octanol–water partition coefficient (Wildman–Crippen LogP) is 4.00. The topological polar surface area (TPSA) is 62.6 Å². The van der Waals surface area contributed by atoms with Crippen molar-refractivity contribution in [1.29, 1.82) is 5.26 Å². The summed E-state index contributed by atoms with van der Waals surface area (Å²) < 4.78 is 5.56. The van der Waals surface area contributed by atoms with E-state index in [0.717, 1.165) is 12.0 Å². The zero-order chi connectivity index (χ0) is 18.4. The Morgan fingerprint density at radius 1 is 1.19 bits per heavy atom. The number of nitriles is 1. The summed E-state index contributed by atoms with van der Waals surface area (Å²) in [5, 5.41) is 10.7. The SMILES string of the molecule is C=CO[C@H]1CCN(OC(=O)c2ccccc2)[C@H](c2ccc(C#N)cc2)C1. The van der Waals surface area contributed by atoms with Gasteiger partial charge < -0.3 is 9.57 Å². The lowest BCUT2D eigenvalue weighted by Gasteiger charge is -2.37. The second kappa shape index (κ2) is 8.32. The summed E-state index contributed by atoms with van der Waals surface area (Å²) in [5.74, 6) is -0.382. The molecule has 2 aromatic carbocycles. The van der Waals surface area contributed by atoms with Crippen LogP contribution >= 0.6 is 0 Å². The van der Waals surface area contributed by atoms with Crippen LogP contribution in [0.25, 0.3) is 0 Å².